The molecule has 9 heteroatoms. The summed E-state index contributed by atoms with van der Waals surface area (Å²) < 4.78 is 27.9. The van der Waals surface area contributed by atoms with Gasteiger partial charge < -0.3 is 5.32 Å². The Labute approximate surface area is 192 Å². The minimum absolute atomic E-state index is 0.0753. The molecule has 1 amide bonds. The number of rotatable bonds is 7. The maximum atomic E-state index is 13.2. The van der Waals surface area contributed by atoms with E-state index in [0.717, 1.165) is 31.2 Å². The number of nitrogens with zero attached hydrogens (tertiary/aromatic N) is 3. The van der Waals surface area contributed by atoms with Crippen LogP contribution < -0.4 is 5.32 Å². The number of nitrogens with one attached hydrogen (secondary N) is 1. The molecule has 0 saturated carbocycles. The first-order valence-electron chi connectivity index (χ1n) is 10.8. The average molecular weight is 471 g/mol. The largest absolute Gasteiger partial charge is 0.320 e. The van der Waals surface area contributed by atoms with Crippen LogP contribution in [0.1, 0.15) is 52.5 Å². The molecule has 32 heavy (non-hydrogen) atoms. The van der Waals surface area contributed by atoms with Gasteiger partial charge in [0.1, 0.15) is 5.01 Å². The predicted octanol–water partition coefficient (Wildman–Crippen LogP) is 4.31. The maximum Gasteiger partial charge on any atom is 0.286 e. The van der Waals surface area contributed by atoms with Crippen molar-refractivity contribution in [1.82, 2.24) is 14.5 Å². The van der Waals surface area contributed by atoms with Crippen molar-refractivity contribution in [3.63, 3.8) is 0 Å². The van der Waals surface area contributed by atoms with Crippen LogP contribution in [0.2, 0.25) is 0 Å². The summed E-state index contributed by atoms with van der Waals surface area (Å²) in [5.74, 6) is -0.388. The lowest BCUT2D eigenvalue weighted by molar-refractivity contribution is 0.102. The molecule has 0 unspecified atom stereocenters. The Morgan fingerprint density at radius 3 is 2.59 bits per heavy atom. The smallest absolute Gasteiger partial charge is 0.286 e. The Bertz CT molecular complexity index is 1160. The summed E-state index contributed by atoms with van der Waals surface area (Å²) in [4.78, 5) is 12.8. The normalized spacial score (nSPS) is 17.2. The summed E-state index contributed by atoms with van der Waals surface area (Å²) in [6, 6.07) is 16.3. The van der Waals surface area contributed by atoms with Crippen LogP contribution in [0.15, 0.2) is 59.5 Å². The second-order valence-electron chi connectivity index (χ2n) is 7.86. The molecule has 0 aliphatic carbocycles. The van der Waals surface area contributed by atoms with Gasteiger partial charge in [-0.3, -0.25) is 4.79 Å². The number of hydrogen-bond donors (Lipinski definition) is 1. The summed E-state index contributed by atoms with van der Waals surface area (Å²) in [6.45, 7) is 2.92. The number of piperidine rings is 1. The van der Waals surface area contributed by atoms with Crippen molar-refractivity contribution < 1.29 is 13.2 Å². The summed E-state index contributed by atoms with van der Waals surface area (Å²) in [6.07, 6.45) is 3.51. The average Bonchev–Trinajstić information content (AvgIpc) is 3.31. The molecule has 1 N–H and O–H groups in total. The zero-order valence-electron chi connectivity index (χ0n) is 17.9. The van der Waals surface area contributed by atoms with Gasteiger partial charge >= 0.3 is 0 Å². The highest BCUT2D eigenvalue weighted by Crippen LogP contribution is 2.32. The number of carbonyl (C=O) groups excluding carboxylic acids is 1. The van der Waals surface area contributed by atoms with E-state index < -0.39 is 10.0 Å². The van der Waals surface area contributed by atoms with Crippen LogP contribution in [-0.4, -0.2) is 41.9 Å². The number of benzene rings is 2. The van der Waals surface area contributed by atoms with Crippen molar-refractivity contribution in [3.05, 3.63) is 70.2 Å². The molecule has 1 saturated heterocycles. The first-order chi connectivity index (χ1) is 15.5. The molecule has 0 radical (unpaired) electrons. The number of aromatic nitrogens is 2. The molecule has 0 bridgehead atoms. The molecular weight excluding hydrogens is 444 g/mol. The zero-order valence-corrected chi connectivity index (χ0v) is 19.5. The molecule has 1 aliphatic rings. The topological polar surface area (TPSA) is 92.3 Å². The van der Waals surface area contributed by atoms with Gasteiger partial charge in [-0.05, 0) is 49.1 Å². The second kappa shape index (κ2) is 9.89. The molecule has 168 valence electrons. The van der Waals surface area contributed by atoms with Crippen LogP contribution in [0.3, 0.4) is 0 Å². The van der Waals surface area contributed by atoms with E-state index in [1.807, 2.05) is 30.3 Å². The SMILES string of the molecule is CCCc1ccc(S(=O)(=O)N2CCC[C@@H](c3nnc(C(=O)Nc4ccccc4)s3)C2)cc1. The Morgan fingerprint density at radius 2 is 1.88 bits per heavy atom. The van der Waals surface area contributed by atoms with Gasteiger partial charge in [-0.15, -0.1) is 10.2 Å². The third-order valence-electron chi connectivity index (χ3n) is 5.50. The number of hydrogen-bond acceptors (Lipinski definition) is 6. The molecule has 3 aromatic rings. The predicted molar refractivity (Wildman–Crippen MR) is 125 cm³/mol. The summed E-state index contributed by atoms with van der Waals surface area (Å²) in [7, 11) is -3.57. The van der Waals surface area contributed by atoms with Crippen molar-refractivity contribution in [3.8, 4) is 0 Å². The molecule has 7 nitrogen and oxygen atoms in total. The lowest BCUT2D eigenvalue weighted by Gasteiger charge is -2.30. The highest BCUT2D eigenvalue weighted by molar-refractivity contribution is 7.89. The number of sulfonamides is 1. The quantitative estimate of drug-likeness (QED) is 0.555. The van der Waals surface area contributed by atoms with Crippen molar-refractivity contribution in [1.29, 1.82) is 0 Å². The molecule has 2 heterocycles. The van der Waals surface area contributed by atoms with Crippen molar-refractivity contribution in [2.24, 2.45) is 0 Å². The maximum absolute atomic E-state index is 13.2. The van der Waals surface area contributed by atoms with Gasteiger partial charge in [-0.2, -0.15) is 4.31 Å². The van der Waals surface area contributed by atoms with Crippen LogP contribution in [-0.2, 0) is 16.4 Å². The fraction of sp³-hybridized carbons (Fsp3) is 0.348. The number of para-hydroxylation sites is 1. The van der Waals surface area contributed by atoms with Crippen LogP contribution in [0.25, 0.3) is 0 Å². The molecular formula is C23H26N4O3S2. The minimum Gasteiger partial charge on any atom is -0.320 e. The summed E-state index contributed by atoms with van der Waals surface area (Å²) in [5, 5.41) is 12.0. The molecule has 1 atom stereocenters. The lowest BCUT2D eigenvalue weighted by Crippen LogP contribution is -2.39. The fourth-order valence-electron chi connectivity index (χ4n) is 3.83. The highest BCUT2D eigenvalue weighted by Gasteiger charge is 2.32. The monoisotopic (exact) mass is 470 g/mol. The van der Waals surface area contributed by atoms with E-state index in [9.17, 15) is 13.2 Å². The molecule has 1 aromatic heterocycles. The van der Waals surface area contributed by atoms with Gasteiger partial charge in [0, 0.05) is 24.7 Å². The Morgan fingerprint density at radius 1 is 1.12 bits per heavy atom. The standard InChI is InChI=1S/C23H26N4O3S2/c1-2-7-17-11-13-20(14-12-17)32(29,30)27-15-6-8-18(16-27)22-25-26-23(31-22)21(28)24-19-9-4-3-5-10-19/h3-5,9-14,18H,2,6-8,15-16H2,1H3,(H,24,28)/t18-/m1/s1. The van der Waals surface area contributed by atoms with E-state index in [2.05, 4.69) is 22.4 Å². The molecule has 1 fully saturated rings. The second-order valence-corrected chi connectivity index (χ2v) is 10.8. The van der Waals surface area contributed by atoms with Crippen molar-refractivity contribution in [2.75, 3.05) is 18.4 Å². The number of amides is 1. The fourth-order valence-corrected chi connectivity index (χ4v) is 6.21. The van der Waals surface area contributed by atoms with Gasteiger partial charge in [0.05, 0.1) is 4.90 Å². The van der Waals surface area contributed by atoms with Gasteiger partial charge in [-0.25, -0.2) is 8.42 Å². The molecule has 2 aromatic carbocycles. The Kier molecular flexibility index (Phi) is 6.98. The van der Waals surface area contributed by atoms with Gasteiger partial charge in [0.15, 0.2) is 0 Å². The first kappa shape index (κ1) is 22.6. The summed E-state index contributed by atoms with van der Waals surface area (Å²) >= 11 is 1.23. The van der Waals surface area contributed by atoms with Gasteiger partial charge in [0.2, 0.25) is 15.0 Å². The third kappa shape index (κ3) is 5.06. The van der Waals surface area contributed by atoms with Crippen molar-refractivity contribution >= 4 is 33.0 Å². The minimum atomic E-state index is -3.57. The zero-order chi connectivity index (χ0) is 22.6. The van der Waals surface area contributed by atoms with Crippen LogP contribution in [0.5, 0.6) is 0 Å². The highest BCUT2D eigenvalue weighted by atomic mass is 32.2. The van der Waals surface area contributed by atoms with E-state index >= 15 is 0 Å². The Hall–Kier alpha value is -2.62. The van der Waals surface area contributed by atoms with E-state index in [4.69, 9.17) is 0 Å². The van der Waals surface area contributed by atoms with E-state index in [1.165, 1.54) is 15.6 Å². The molecule has 4 rings (SSSR count). The molecule has 1 aliphatic heterocycles. The number of aryl methyl sites for hydroxylation is 1. The lowest BCUT2D eigenvalue weighted by atomic mass is 10.0. The number of anilines is 1. The van der Waals surface area contributed by atoms with Crippen LogP contribution >= 0.6 is 11.3 Å². The first-order valence-corrected chi connectivity index (χ1v) is 13.0. The van der Waals surface area contributed by atoms with E-state index in [0.29, 0.717) is 28.7 Å². The van der Waals surface area contributed by atoms with Gasteiger partial charge in [-0.1, -0.05) is 55.0 Å². The molecule has 0 spiro atoms. The van der Waals surface area contributed by atoms with E-state index in [1.54, 1.807) is 24.3 Å². The third-order valence-corrected chi connectivity index (χ3v) is 8.46. The van der Waals surface area contributed by atoms with E-state index in [-0.39, 0.29) is 16.8 Å². The van der Waals surface area contributed by atoms with Gasteiger partial charge in [0.25, 0.3) is 5.91 Å². The van der Waals surface area contributed by atoms with Crippen molar-refractivity contribution in [2.45, 2.75) is 43.4 Å². The van der Waals surface area contributed by atoms with Crippen LogP contribution in [0, 0.1) is 0 Å². The van der Waals surface area contributed by atoms with Crippen LogP contribution in [0.4, 0.5) is 5.69 Å². The number of carbonyl (C=O) groups is 1. The summed E-state index contributed by atoms with van der Waals surface area (Å²) in [5.41, 5.74) is 1.83. The Balaban J connectivity index is 1.45.